The van der Waals surface area contributed by atoms with Gasteiger partial charge in [-0.2, -0.15) is 12.6 Å². The number of nitrogens with two attached hydrogens (primary N) is 2. The highest BCUT2D eigenvalue weighted by Gasteiger charge is 2.10. The Kier molecular flexibility index (Phi) is 3.65. The zero-order chi connectivity index (χ0) is 7.44. The van der Waals surface area contributed by atoms with E-state index in [1.54, 1.807) is 0 Å². The number of hydrogen-bond acceptors (Lipinski definition) is 3. The molecule has 0 saturated carbocycles. The maximum absolute atomic E-state index is 10.3. The molecule has 0 aromatic heterocycles. The molecule has 4 heteroatoms. The van der Waals surface area contributed by atoms with Crippen molar-refractivity contribution in [2.45, 2.75) is 24.6 Å². The molecule has 2 unspecified atom stereocenters. The highest BCUT2D eigenvalue weighted by Crippen LogP contribution is 2.00. The number of primary amides is 1. The molecule has 0 aromatic rings. The van der Waals surface area contributed by atoms with E-state index in [1.807, 2.05) is 6.92 Å². The van der Waals surface area contributed by atoms with E-state index < -0.39 is 11.9 Å². The monoisotopic (exact) mass is 148 g/mol. The SMILES string of the molecule is CC(S)CC(N)C(N)=O. The number of carbonyl (C=O) groups excluding carboxylic acids is 1. The molecule has 0 saturated heterocycles. The maximum Gasteiger partial charge on any atom is 0.234 e. The molecule has 0 rings (SSSR count). The standard InChI is InChI=1S/C5H12N2OS/c1-3(9)2-4(6)5(7)8/h3-4,9H,2,6H2,1H3,(H2,7,8). The minimum atomic E-state index is -0.544. The fourth-order valence-corrected chi connectivity index (χ4v) is 0.711. The van der Waals surface area contributed by atoms with Gasteiger partial charge < -0.3 is 11.5 Å². The van der Waals surface area contributed by atoms with Gasteiger partial charge in [-0.25, -0.2) is 0 Å². The lowest BCUT2D eigenvalue weighted by atomic mass is 10.2. The van der Waals surface area contributed by atoms with Crippen molar-refractivity contribution in [2.24, 2.45) is 11.5 Å². The predicted octanol–water partition coefficient (Wildman–Crippen LogP) is -0.493. The Morgan fingerprint density at radius 2 is 2.22 bits per heavy atom. The lowest BCUT2D eigenvalue weighted by Gasteiger charge is -2.07. The third-order valence-electron chi connectivity index (χ3n) is 0.960. The Balaban J connectivity index is 3.50. The van der Waals surface area contributed by atoms with E-state index in [2.05, 4.69) is 12.6 Å². The van der Waals surface area contributed by atoms with E-state index in [1.165, 1.54) is 0 Å². The van der Waals surface area contributed by atoms with Crippen molar-refractivity contribution in [1.82, 2.24) is 0 Å². The van der Waals surface area contributed by atoms with E-state index >= 15 is 0 Å². The Morgan fingerprint density at radius 3 is 2.33 bits per heavy atom. The van der Waals surface area contributed by atoms with Gasteiger partial charge in [-0.05, 0) is 6.42 Å². The van der Waals surface area contributed by atoms with Crippen molar-refractivity contribution in [1.29, 1.82) is 0 Å². The lowest BCUT2D eigenvalue weighted by Crippen LogP contribution is -2.37. The predicted molar refractivity (Wildman–Crippen MR) is 40.2 cm³/mol. The number of hydrogen-bond donors (Lipinski definition) is 3. The minimum Gasteiger partial charge on any atom is -0.368 e. The molecule has 0 aliphatic carbocycles. The van der Waals surface area contributed by atoms with Crippen LogP contribution in [0.1, 0.15) is 13.3 Å². The molecule has 0 heterocycles. The smallest absolute Gasteiger partial charge is 0.234 e. The molecule has 0 bridgehead atoms. The first kappa shape index (κ1) is 8.78. The Bertz CT molecular complexity index is 105. The maximum atomic E-state index is 10.3. The molecule has 0 aliphatic rings. The van der Waals surface area contributed by atoms with Gasteiger partial charge in [0.05, 0.1) is 6.04 Å². The first-order chi connectivity index (χ1) is 4.04. The molecule has 9 heavy (non-hydrogen) atoms. The Hall–Kier alpha value is -0.220. The summed E-state index contributed by atoms with van der Waals surface area (Å²) in [5.74, 6) is -0.462. The molecule has 2 atom stereocenters. The fourth-order valence-electron chi connectivity index (χ4n) is 0.484. The molecule has 0 aliphatic heterocycles. The normalized spacial score (nSPS) is 16.8. The summed E-state index contributed by atoms with van der Waals surface area (Å²) >= 11 is 4.04. The summed E-state index contributed by atoms with van der Waals surface area (Å²) < 4.78 is 0. The Labute approximate surface area is 60.2 Å². The summed E-state index contributed by atoms with van der Waals surface area (Å²) in [5.41, 5.74) is 10.2. The molecule has 0 fully saturated rings. The Morgan fingerprint density at radius 1 is 1.78 bits per heavy atom. The van der Waals surface area contributed by atoms with Crippen molar-refractivity contribution in [3.63, 3.8) is 0 Å². The second kappa shape index (κ2) is 3.74. The number of thiol groups is 1. The average molecular weight is 148 g/mol. The van der Waals surface area contributed by atoms with Crippen LogP contribution in [-0.2, 0) is 4.79 Å². The second-order valence-corrected chi connectivity index (χ2v) is 2.98. The zero-order valence-electron chi connectivity index (χ0n) is 5.37. The van der Waals surface area contributed by atoms with Crippen LogP contribution in [0.15, 0.2) is 0 Å². The molecule has 4 N–H and O–H groups in total. The minimum absolute atomic E-state index is 0.132. The van der Waals surface area contributed by atoms with Crippen molar-refractivity contribution < 1.29 is 4.79 Å². The molecule has 54 valence electrons. The lowest BCUT2D eigenvalue weighted by molar-refractivity contribution is -0.119. The van der Waals surface area contributed by atoms with Crippen LogP contribution in [0.2, 0.25) is 0 Å². The van der Waals surface area contributed by atoms with E-state index in [-0.39, 0.29) is 5.25 Å². The van der Waals surface area contributed by atoms with Gasteiger partial charge in [-0.1, -0.05) is 6.92 Å². The fraction of sp³-hybridized carbons (Fsp3) is 0.800. The van der Waals surface area contributed by atoms with Gasteiger partial charge in [0.2, 0.25) is 5.91 Å². The number of amides is 1. The molecule has 0 radical (unpaired) electrons. The summed E-state index contributed by atoms with van der Waals surface area (Å²) in [6, 6.07) is -0.544. The highest BCUT2D eigenvalue weighted by atomic mass is 32.1. The summed E-state index contributed by atoms with van der Waals surface area (Å²) in [7, 11) is 0. The third-order valence-corrected chi connectivity index (χ3v) is 1.17. The highest BCUT2D eigenvalue weighted by molar-refractivity contribution is 7.80. The number of carbonyl (C=O) groups is 1. The number of rotatable bonds is 3. The van der Waals surface area contributed by atoms with Crippen LogP contribution in [0, 0.1) is 0 Å². The topological polar surface area (TPSA) is 69.1 Å². The van der Waals surface area contributed by atoms with Crippen LogP contribution < -0.4 is 11.5 Å². The van der Waals surface area contributed by atoms with E-state index in [9.17, 15) is 4.79 Å². The van der Waals surface area contributed by atoms with Crippen LogP contribution in [0.3, 0.4) is 0 Å². The van der Waals surface area contributed by atoms with E-state index in [4.69, 9.17) is 11.5 Å². The van der Waals surface area contributed by atoms with Crippen LogP contribution >= 0.6 is 12.6 Å². The van der Waals surface area contributed by atoms with Crippen LogP contribution in [-0.4, -0.2) is 17.2 Å². The molecular weight excluding hydrogens is 136 g/mol. The van der Waals surface area contributed by atoms with Gasteiger partial charge in [0.1, 0.15) is 0 Å². The quantitative estimate of drug-likeness (QED) is 0.473. The summed E-state index contributed by atoms with van der Waals surface area (Å²) in [5, 5.41) is 0.132. The molecule has 0 aromatic carbocycles. The molecule has 0 spiro atoms. The van der Waals surface area contributed by atoms with Crippen molar-refractivity contribution in [3.05, 3.63) is 0 Å². The summed E-state index contributed by atoms with van der Waals surface area (Å²) in [4.78, 5) is 10.3. The average Bonchev–Trinajstić information content (AvgIpc) is 1.63. The largest absolute Gasteiger partial charge is 0.368 e. The van der Waals surface area contributed by atoms with Gasteiger partial charge in [0.15, 0.2) is 0 Å². The summed E-state index contributed by atoms with van der Waals surface area (Å²) in [6.07, 6.45) is 0.540. The van der Waals surface area contributed by atoms with Crippen LogP contribution in [0.5, 0.6) is 0 Å². The molecule has 3 nitrogen and oxygen atoms in total. The molecule has 1 amide bonds. The van der Waals surface area contributed by atoms with Crippen molar-refractivity contribution in [2.75, 3.05) is 0 Å². The van der Waals surface area contributed by atoms with E-state index in [0.717, 1.165) is 0 Å². The van der Waals surface area contributed by atoms with E-state index in [0.29, 0.717) is 6.42 Å². The zero-order valence-corrected chi connectivity index (χ0v) is 6.27. The molecular formula is C5H12N2OS. The van der Waals surface area contributed by atoms with Crippen LogP contribution in [0.4, 0.5) is 0 Å². The van der Waals surface area contributed by atoms with Gasteiger partial charge in [-0.3, -0.25) is 4.79 Å². The first-order valence-electron chi connectivity index (χ1n) is 2.77. The van der Waals surface area contributed by atoms with Gasteiger partial charge in [0.25, 0.3) is 0 Å². The van der Waals surface area contributed by atoms with Gasteiger partial charge in [-0.15, -0.1) is 0 Å². The van der Waals surface area contributed by atoms with Crippen LogP contribution in [0.25, 0.3) is 0 Å². The second-order valence-electron chi connectivity index (χ2n) is 2.09. The van der Waals surface area contributed by atoms with Crippen molar-refractivity contribution in [3.8, 4) is 0 Å². The first-order valence-corrected chi connectivity index (χ1v) is 3.28. The summed E-state index contributed by atoms with van der Waals surface area (Å²) in [6.45, 7) is 1.87. The van der Waals surface area contributed by atoms with Gasteiger partial charge >= 0.3 is 0 Å². The van der Waals surface area contributed by atoms with Gasteiger partial charge in [0, 0.05) is 5.25 Å². The van der Waals surface area contributed by atoms with Crippen molar-refractivity contribution >= 4 is 18.5 Å². The third kappa shape index (κ3) is 4.29.